The van der Waals surface area contributed by atoms with Crippen molar-refractivity contribution in [2.75, 3.05) is 25.5 Å². The Hall–Kier alpha value is -2.38. The number of ether oxygens (including phenoxy) is 1. The molecule has 2 rings (SSSR count). The molecule has 2 aromatic rings. The molecule has 0 fully saturated rings. The molecule has 7 heteroatoms. The van der Waals surface area contributed by atoms with Gasteiger partial charge in [0.25, 0.3) is 5.91 Å². The van der Waals surface area contributed by atoms with Crippen molar-refractivity contribution < 1.29 is 17.9 Å². The Morgan fingerprint density at radius 2 is 1.67 bits per heavy atom. The third kappa shape index (κ3) is 4.31. The second kappa shape index (κ2) is 8.54. The van der Waals surface area contributed by atoms with Gasteiger partial charge in [-0.2, -0.15) is 4.31 Å². The van der Waals surface area contributed by atoms with E-state index in [9.17, 15) is 13.2 Å². The number of carbonyl (C=O) groups is 1. The standard InChI is InChI=1S/C20H26N2O4S/c1-6-22(7-2)27(24,25)18-13-16(11-12-17(18)26-5)20(23)21-19-14(3)9-8-10-15(19)4/h8-13H,6-7H2,1-5H3,(H,21,23). The van der Waals surface area contributed by atoms with Crippen molar-refractivity contribution in [3.05, 3.63) is 53.1 Å². The molecule has 27 heavy (non-hydrogen) atoms. The maximum Gasteiger partial charge on any atom is 0.255 e. The van der Waals surface area contributed by atoms with Gasteiger partial charge in [-0.05, 0) is 43.2 Å². The molecule has 0 unspecified atom stereocenters. The van der Waals surface area contributed by atoms with E-state index in [2.05, 4.69) is 5.32 Å². The number of nitrogens with zero attached hydrogens (tertiary/aromatic N) is 1. The van der Waals surface area contributed by atoms with Gasteiger partial charge in [-0.25, -0.2) is 8.42 Å². The minimum absolute atomic E-state index is 0.0112. The molecule has 0 atom stereocenters. The van der Waals surface area contributed by atoms with Crippen LogP contribution in [0, 0.1) is 13.8 Å². The minimum atomic E-state index is -3.76. The maximum absolute atomic E-state index is 12.9. The summed E-state index contributed by atoms with van der Waals surface area (Å²) in [7, 11) is -2.35. The van der Waals surface area contributed by atoms with Crippen LogP contribution in [0.2, 0.25) is 0 Å². The van der Waals surface area contributed by atoms with Crippen molar-refractivity contribution in [3.63, 3.8) is 0 Å². The van der Waals surface area contributed by atoms with Crippen LogP contribution in [-0.2, 0) is 10.0 Å². The molecular formula is C20H26N2O4S. The van der Waals surface area contributed by atoms with Crippen molar-refractivity contribution >= 4 is 21.6 Å². The van der Waals surface area contributed by atoms with Gasteiger partial charge in [0.2, 0.25) is 10.0 Å². The summed E-state index contributed by atoms with van der Waals surface area (Å²) in [6, 6.07) is 10.2. The Kier molecular flexibility index (Phi) is 6.62. The highest BCUT2D eigenvalue weighted by Crippen LogP contribution is 2.28. The number of amides is 1. The number of anilines is 1. The molecule has 2 aromatic carbocycles. The molecule has 0 saturated heterocycles. The molecule has 1 amide bonds. The fraction of sp³-hybridized carbons (Fsp3) is 0.350. The lowest BCUT2D eigenvalue weighted by Crippen LogP contribution is -2.31. The lowest BCUT2D eigenvalue weighted by atomic mass is 10.1. The first kappa shape index (κ1) is 20.9. The van der Waals surface area contributed by atoms with E-state index >= 15 is 0 Å². The predicted molar refractivity (Wildman–Crippen MR) is 107 cm³/mol. The highest BCUT2D eigenvalue weighted by atomic mass is 32.2. The van der Waals surface area contributed by atoms with E-state index in [-0.39, 0.29) is 22.1 Å². The number of benzene rings is 2. The smallest absolute Gasteiger partial charge is 0.255 e. The van der Waals surface area contributed by atoms with Crippen LogP contribution in [0.3, 0.4) is 0 Å². The van der Waals surface area contributed by atoms with Crippen molar-refractivity contribution in [1.29, 1.82) is 0 Å². The zero-order valence-electron chi connectivity index (χ0n) is 16.4. The Labute approximate surface area is 161 Å². The van der Waals surface area contributed by atoms with E-state index in [1.165, 1.54) is 23.5 Å². The number of para-hydroxylation sites is 1. The summed E-state index contributed by atoms with van der Waals surface area (Å²) in [5.74, 6) is -0.156. The zero-order valence-corrected chi connectivity index (χ0v) is 17.2. The van der Waals surface area contributed by atoms with Crippen LogP contribution >= 0.6 is 0 Å². The van der Waals surface area contributed by atoms with E-state index in [4.69, 9.17) is 4.74 Å². The monoisotopic (exact) mass is 390 g/mol. The molecular weight excluding hydrogens is 364 g/mol. The molecule has 0 bridgehead atoms. The van der Waals surface area contributed by atoms with E-state index in [0.29, 0.717) is 13.1 Å². The summed E-state index contributed by atoms with van der Waals surface area (Å²) in [4.78, 5) is 12.7. The van der Waals surface area contributed by atoms with Crippen molar-refractivity contribution in [2.24, 2.45) is 0 Å². The molecule has 146 valence electrons. The van der Waals surface area contributed by atoms with Gasteiger partial charge in [0.05, 0.1) is 7.11 Å². The van der Waals surface area contributed by atoms with Crippen molar-refractivity contribution in [3.8, 4) is 5.75 Å². The fourth-order valence-corrected chi connectivity index (χ4v) is 4.56. The quantitative estimate of drug-likeness (QED) is 0.784. The number of sulfonamides is 1. The summed E-state index contributed by atoms with van der Waals surface area (Å²) < 4.78 is 32.4. The van der Waals surface area contributed by atoms with Gasteiger partial charge in [-0.15, -0.1) is 0 Å². The van der Waals surface area contributed by atoms with Crippen LogP contribution in [0.15, 0.2) is 41.3 Å². The number of nitrogens with one attached hydrogen (secondary N) is 1. The minimum Gasteiger partial charge on any atom is -0.495 e. The molecule has 0 aliphatic rings. The van der Waals surface area contributed by atoms with Gasteiger partial charge in [0.1, 0.15) is 10.6 Å². The molecule has 0 radical (unpaired) electrons. The Bertz CT molecular complexity index is 915. The van der Waals surface area contributed by atoms with Crippen molar-refractivity contribution in [2.45, 2.75) is 32.6 Å². The predicted octanol–water partition coefficient (Wildman–Crippen LogP) is 3.59. The molecule has 6 nitrogen and oxygen atoms in total. The third-order valence-corrected chi connectivity index (χ3v) is 6.54. The molecule has 1 N–H and O–H groups in total. The van der Waals surface area contributed by atoms with Crippen LogP contribution in [0.5, 0.6) is 5.75 Å². The first-order chi connectivity index (χ1) is 12.8. The SMILES string of the molecule is CCN(CC)S(=O)(=O)c1cc(C(=O)Nc2c(C)cccc2C)ccc1OC. The normalized spacial score (nSPS) is 11.5. The number of aryl methyl sites for hydroxylation is 2. The van der Waals surface area contributed by atoms with E-state index in [0.717, 1.165) is 16.8 Å². The van der Waals surface area contributed by atoms with Gasteiger partial charge in [0.15, 0.2) is 0 Å². The summed E-state index contributed by atoms with van der Waals surface area (Å²) in [5.41, 5.74) is 2.86. The molecule has 0 saturated carbocycles. The Morgan fingerprint density at radius 3 is 2.19 bits per heavy atom. The largest absolute Gasteiger partial charge is 0.495 e. The number of hydrogen-bond acceptors (Lipinski definition) is 4. The first-order valence-electron chi connectivity index (χ1n) is 8.82. The first-order valence-corrected chi connectivity index (χ1v) is 10.3. The second-order valence-corrected chi connectivity index (χ2v) is 8.08. The number of rotatable bonds is 7. The summed E-state index contributed by atoms with van der Waals surface area (Å²) in [6.07, 6.45) is 0. The lowest BCUT2D eigenvalue weighted by molar-refractivity contribution is 0.102. The summed E-state index contributed by atoms with van der Waals surface area (Å²) in [5, 5.41) is 2.88. The van der Waals surface area contributed by atoms with E-state index in [1.807, 2.05) is 32.0 Å². The Morgan fingerprint density at radius 1 is 1.07 bits per heavy atom. The molecule has 0 aliphatic carbocycles. The van der Waals surface area contributed by atoms with Gasteiger partial charge in [0, 0.05) is 24.3 Å². The van der Waals surface area contributed by atoms with Gasteiger partial charge >= 0.3 is 0 Å². The van der Waals surface area contributed by atoms with Crippen molar-refractivity contribution in [1.82, 2.24) is 4.31 Å². The average Bonchev–Trinajstić information content (AvgIpc) is 2.65. The van der Waals surface area contributed by atoms with Crippen LogP contribution in [0.25, 0.3) is 0 Å². The van der Waals surface area contributed by atoms with Crippen LogP contribution in [0.1, 0.15) is 35.3 Å². The number of methoxy groups -OCH3 is 1. The lowest BCUT2D eigenvalue weighted by Gasteiger charge is -2.20. The average molecular weight is 391 g/mol. The molecule has 0 aromatic heterocycles. The van der Waals surface area contributed by atoms with E-state index < -0.39 is 10.0 Å². The highest BCUT2D eigenvalue weighted by molar-refractivity contribution is 7.89. The fourth-order valence-electron chi connectivity index (χ4n) is 2.92. The van der Waals surface area contributed by atoms with Crippen LogP contribution < -0.4 is 10.1 Å². The number of hydrogen-bond donors (Lipinski definition) is 1. The van der Waals surface area contributed by atoms with Crippen LogP contribution in [-0.4, -0.2) is 38.8 Å². The Balaban J connectivity index is 2.46. The van der Waals surface area contributed by atoms with Gasteiger partial charge < -0.3 is 10.1 Å². The van der Waals surface area contributed by atoms with Crippen LogP contribution in [0.4, 0.5) is 5.69 Å². The van der Waals surface area contributed by atoms with Gasteiger partial charge in [-0.1, -0.05) is 32.0 Å². The molecule has 0 aliphatic heterocycles. The zero-order chi connectivity index (χ0) is 20.2. The maximum atomic E-state index is 12.9. The topological polar surface area (TPSA) is 75.7 Å². The summed E-state index contributed by atoms with van der Waals surface area (Å²) >= 11 is 0. The third-order valence-electron chi connectivity index (χ3n) is 4.47. The second-order valence-electron chi connectivity index (χ2n) is 6.18. The van der Waals surface area contributed by atoms with E-state index in [1.54, 1.807) is 19.9 Å². The van der Waals surface area contributed by atoms with Gasteiger partial charge in [-0.3, -0.25) is 4.79 Å². The number of carbonyl (C=O) groups excluding carboxylic acids is 1. The highest BCUT2D eigenvalue weighted by Gasteiger charge is 2.27. The molecule has 0 spiro atoms. The summed E-state index contributed by atoms with van der Waals surface area (Å²) in [6.45, 7) is 8.03. The molecule has 0 heterocycles.